The third kappa shape index (κ3) is 7.15. The third-order valence-electron chi connectivity index (χ3n) is 6.51. The van der Waals surface area contributed by atoms with Gasteiger partial charge < -0.3 is 10.2 Å². The van der Waals surface area contributed by atoms with Crippen LogP contribution in [0.2, 0.25) is 0 Å². The highest BCUT2D eigenvalue weighted by atomic mass is 32.2. The van der Waals surface area contributed by atoms with Crippen LogP contribution in [0.25, 0.3) is 0 Å². The average molecular weight is 500 g/mol. The molecule has 2 amide bonds. The molecule has 0 bridgehead atoms. The van der Waals surface area contributed by atoms with Crippen LogP contribution < -0.4 is 5.32 Å². The Kier molecular flexibility index (Phi) is 8.72. The van der Waals surface area contributed by atoms with Gasteiger partial charge in [-0.25, -0.2) is 8.42 Å². The van der Waals surface area contributed by atoms with Crippen LogP contribution in [0, 0.1) is 5.92 Å². The van der Waals surface area contributed by atoms with E-state index in [9.17, 15) is 18.0 Å². The van der Waals surface area contributed by atoms with E-state index in [0.717, 1.165) is 11.1 Å². The second-order valence-electron chi connectivity index (χ2n) is 10.2. The number of rotatable bonds is 8. The van der Waals surface area contributed by atoms with Crippen molar-refractivity contribution in [2.24, 2.45) is 5.92 Å². The first-order valence-corrected chi connectivity index (χ1v) is 13.6. The number of amides is 2. The molecule has 1 heterocycles. The molecule has 1 saturated heterocycles. The first-order valence-electron chi connectivity index (χ1n) is 12.1. The summed E-state index contributed by atoms with van der Waals surface area (Å²) in [4.78, 5) is 26.9. The summed E-state index contributed by atoms with van der Waals surface area (Å²) >= 11 is 0. The second kappa shape index (κ2) is 11.4. The van der Waals surface area contributed by atoms with Gasteiger partial charge in [0.25, 0.3) is 0 Å². The van der Waals surface area contributed by atoms with Crippen LogP contribution in [0.3, 0.4) is 0 Å². The van der Waals surface area contributed by atoms with Crippen LogP contribution in [-0.2, 0) is 31.6 Å². The largest absolute Gasteiger partial charge is 0.355 e. The van der Waals surface area contributed by atoms with Gasteiger partial charge in [-0.05, 0) is 41.5 Å². The summed E-state index contributed by atoms with van der Waals surface area (Å²) in [5, 5.41) is 2.85. The fraction of sp³-hybridized carbons (Fsp3) is 0.481. The molecular weight excluding hydrogens is 462 g/mol. The minimum atomic E-state index is -3.59. The highest BCUT2D eigenvalue weighted by Crippen LogP contribution is 2.27. The van der Waals surface area contributed by atoms with Gasteiger partial charge in [0.2, 0.25) is 21.8 Å². The maximum absolute atomic E-state index is 13.0. The molecule has 35 heavy (non-hydrogen) atoms. The van der Waals surface area contributed by atoms with E-state index in [0.29, 0.717) is 32.5 Å². The monoisotopic (exact) mass is 499 g/mol. The van der Waals surface area contributed by atoms with E-state index in [1.54, 1.807) is 24.1 Å². The molecule has 0 spiro atoms. The number of piperidine rings is 1. The first kappa shape index (κ1) is 26.9. The van der Waals surface area contributed by atoms with Crippen molar-refractivity contribution in [2.45, 2.75) is 56.9 Å². The van der Waals surface area contributed by atoms with Crippen LogP contribution in [0.1, 0.15) is 51.2 Å². The predicted octanol–water partition coefficient (Wildman–Crippen LogP) is 3.55. The van der Waals surface area contributed by atoms with Crippen LogP contribution in [-0.4, -0.2) is 56.1 Å². The number of carbonyl (C=O) groups excluding carboxylic acids is 2. The molecule has 0 atom stereocenters. The van der Waals surface area contributed by atoms with Gasteiger partial charge in [-0.1, -0.05) is 63.2 Å². The van der Waals surface area contributed by atoms with Crippen molar-refractivity contribution in [3.63, 3.8) is 0 Å². The van der Waals surface area contributed by atoms with Crippen LogP contribution in [0.15, 0.2) is 59.5 Å². The smallest absolute Gasteiger partial charge is 0.243 e. The van der Waals surface area contributed by atoms with E-state index in [-0.39, 0.29) is 41.0 Å². The molecule has 3 rings (SSSR count). The Morgan fingerprint density at radius 3 is 2.17 bits per heavy atom. The lowest BCUT2D eigenvalue weighted by atomic mass is 9.87. The van der Waals surface area contributed by atoms with Gasteiger partial charge >= 0.3 is 0 Å². The summed E-state index contributed by atoms with van der Waals surface area (Å²) in [5.74, 6) is -0.399. The lowest BCUT2D eigenvalue weighted by Crippen LogP contribution is -2.43. The van der Waals surface area contributed by atoms with Gasteiger partial charge in [0, 0.05) is 45.6 Å². The molecule has 1 aliphatic heterocycles. The van der Waals surface area contributed by atoms with Crippen LogP contribution in [0.5, 0.6) is 0 Å². The maximum Gasteiger partial charge on any atom is 0.243 e. The minimum Gasteiger partial charge on any atom is -0.355 e. The highest BCUT2D eigenvalue weighted by Gasteiger charge is 2.32. The topological polar surface area (TPSA) is 86.8 Å². The summed E-state index contributed by atoms with van der Waals surface area (Å²) in [5.41, 5.74) is 2.09. The molecule has 0 unspecified atom stereocenters. The van der Waals surface area contributed by atoms with Crippen molar-refractivity contribution in [1.82, 2.24) is 14.5 Å². The summed E-state index contributed by atoms with van der Waals surface area (Å²) < 4.78 is 27.6. The Morgan fingerprint density at radius 1 is 1.00 bits per heavy atom. The number of hydrogen-bond donors (Lipinski definition) is 1. The summed E-state index contributed by atoms with van der Waals surface area (Å²) in [6, 6.07) is 16.8. The van der Waals surface area contributed by atoms with Gasteiger partial charge in [0.15, 0.2) is 0 Å². The van der Waals surface area contributed by atoms with Gasteiger partial charge in [-0.2, -0.15) is 4.31 Å². The Labute approximate surface area is 209 Å². The Balaban J connectivity index is 1.44. The Morgan fingerprint density at radius 2 is 1.60 bits per heavy atom. The van der Waals surface area contributed by atoms with Gasteiger partial charge in [0.1, 0.15) is 0 Å². The van der Waals surface area contributed by atoms with Crippen molar-refractivity contribution in [3.05, 3.63) is 65.7 Å². The molecule has 0 aliphatic carbocycles. The number of benzene rings is 2. The van der Waals surface area contributed by atoms with Gasteiger partial charge in [-0.3, -0.25) is 9.59 Å². The number of nitrogens with zero attached hydrogens (tertiary/aromatic N) is 2. The Hall–Kier alpha value is -2.71. The number of carbonyl (C=O) groups is 2. The lowest BCUT2D eigenvalue weighted by molar-refractivity contribution is -0.130. The van der Waals surface area contributed by atoms with Crippen molar-refractivity contribution in [3.8, 4) is 0 Å². The number of sulfonamides is 1. The Bertz CT molecular complexity index is 1100. The molecule has 0 radical (unpaired) electrons. The second-order valence-corrected chi connectivity index (χ2v) is 12.2. The molecular formula is C27H37N3O4S. The molecule has 0 aromatic heterocycles. The van der Waals surface area contributed by atoms with Crippen molar-refractivity contribution in [2.75, 3.05) is 26.7 Å². The minimum absolute atomic E-state index is 0.0347. The summed E-state index contributed by atoms with van der Waals surface area (Å²) in [6.07, 6.45) is 1.16. The van der Waals surface area contributed by atoms with E-state index >= 15 is 0 Å². The van der Waals surface area contributed by atoms with E-state index in [1.807, 2.05) is 42.5 Å². The fourth-order valence-electron chi connectivity index (χ4n) is 4.21. The number of nitrogens with one attached hydrogen (secondary N) is 1. The third-order valence-corrected chi connectivity index (χ3v) is 8.42. The molecule has 1 aliphatic rings. The molecule has 8 heteroatoms. The zero-order valence-electron chi connectivity index (χ0n) is 21.2. The van der Waals surface area contributed by atoms with E-state index < -0.39 is 10.0 Å². The van der Waals surface area contributed by atoms with Crippen LogP contribution in [0.4, 0.5) is 0 Å². The van der Waals surface area contributed by atoms with E-state index in [4.69, 9.17) is 0 Å². The SMILES string of the molecule is CN(Cc1ccccc1)C(=O)CCNC(=O)C1CCN(S(=O)(=O)c2ccc(C(C)(C)C)cc2)CC1. The zero-order valence-corrected chi connectivity index (χ0v) is 22.0. The fourth-order valence-corrected chi connectivity index (χ4v) is 5.68. The molecule has 2 aromatic rings. The molecule has 2 aromatic carbocycles. The molecule has 1 N–H and O–H groups in total. The van der Waals surface area contributed by atoms with Crippen molar-refractivity contribution < 1.29 is 18.0 Å². The lowest BCUT2D eigenvalue weighted by Gasteiger charge is -2.30. The average Bonchev–Trinajstić information content (AvgIpc) is 2.84. The van der Waals surface area contributed by atoms with E-state index in [1.165, 1.54) is 4.31 Å². The van der Waals surface area contributed by atoms with Crippen molar-refractivity contribution in [1.29, 1.82) is 0 Å². The quantitative estimate of drug-likeness (QED) is 0.602. The van der Waals surface area contributed by atoms with Crippen LogP contribution >= 0.6 is 0 Å². The zero-order chi connectivity index (χ0) is 25.6. The molecule has 1 fully saturated rings. The number of hydrogen-bond acceptors (Lipinski definition) is 4. The first-order chi connectivity index (χ1) is 16.5. The van der Waals surface area contributed by atoms with E-state index in [2.05, 4.69) is 26.1 Å². The summed E-state index contributed by atoms with van der Waals surface area (Å²) in [6.45, 7) is 7.68. The molecule has 0 saturated carbocycles. The molecule has 190 valence electrons. The van der Waals surface area contributed by atoms with Gasteiger partial charge in [-0.15, -0.1) is 0 Å². The predicted molar refractivity (Wildman–Crippen MR) is 137 cm³/mol. The molecule has 7 nitrogen and oxygen atoms in total. The highest BCUT2D eigenvalue weighted by molar-refractivity contribution is 7.89. The standard InChI is InChI=1S/C27H37N3O4S/c1-27(2,3)23-10-12-24(13-11-23)35(33,34)30-18-15-22(16-19-30)26(32)28-17-14-25(31)29(4)20-21-8-6-5-7-9-21/h5-13,22H,14-20H2,1-4H3,(H,28,32). The van der Waals surface area contributed by atoms with Gasteiger partial charge in [0.05, 0.1) is 4.90 Å². The normalized spacial score (nSPS) is 15.5. The van der Waals surface area contributed by atoms with Crippen molar-refractivity contribution >= 4 is 21.8 Å². The summed E-state index contributed by atoms with van der Waals surface area (Å²) in [7, 11) is -1.83. The maximum atomic E-state index is 13.0.